The third-order valence-corrected chi connectivity index (χ3v) is 18.2. The van der Waals surface area contributed by atoms with Crippen molar-refractivity contribution in [3.8, 4) is 0 Å². The molecule has 0 saturated carbocycles. The van der Waals surface area contributed by atoms with Gasteiger partial charge in [0, 0.05) is 13.2 Å². The standard InChI is InChI=1S/C14H35NO2Si3/c1-8-16-20(7,17-9-2)12-10-11-15-18(3,4)13-14-19(15,5)6/h8-14H2,1-7H3. The highest BCUT2D eigenvalue weighted by molar-refractivity contribution is 6.95. The predicted molar refractivity (Wildman–Crippen MR) is 95.6 cm³/mol. The normalized spacial score (nSPS) is 22.4. The van der Waals surface area contributed by atoms with Gasteiger partial charge in [0.25, 0.3) is 0 Å². The van der Waals surface area contributed by atoms with Crippen LogP contribution in [0.2, 0.25) is 50.9 Å². The van der Waals surface area contributed by atoms with E-state index in [1.54, 1.807) is 0 Å². The highest BCUT2D eigenvalue weighted by atomic mass is 28.4. The maximum absolute atomic E-state index is 5.96. The molecule has 6 heteroatoms. The van der Waals surface area contributed by atoms with Gasteiger partial charge >= 0.3 is 8.56 Å². The molecule has 0 aromatic heterocycles. The molecule has 1 rings (SSSR count). The number of hydrogen-bond acceptors (Lipinski definition) is 3. The Morgan fingerprint density at radius 3 is 1.80 bits per heavy atom. The Balaban J connectivity index is 2.53. The van der Waals surface area contributed by atoms with Gasteiger partial charge in [-0.25, -0.2) is 0 Å². The van der Waals surface area contributed by atoms with Crippen LogP contribution in [0.25, 0.3) is 0 Å². The van der Waals surface area contributed by atoms with Gasteiger partial charge in [0.05, 0.1) is 0 Å². The van der Waals surface area contributed by atoms with E-state index in [1.807, 2.05) is 0 Å². The van der Waals surface area contributed by atoms with Crippen LogP contribution in [0.3, 0.4) is 0 Å². The maximum atomic E-state index is 5.96. The summed E-state index contributed by atoms with van der Waals surface area (Å²) < 4.78 is 14.9. The fourth-order valence-corrected chi connectivity index (χ4v) is 20.2. The minimum atomic E-state index is -1.91. The van der Waals surface area contributed by atoms with E-state index in [2.05, 4.69) is 50.8 Å². The monoisotopic (exact) mass is 333 g/mol. The minimum absolute atomic E-state index is 0.785. The van der Waals surface area contributed by atoms with Gasteiger partial charge in [0.2, 0.25) is 0 Å². The molecule has 0 atom stereocenters. The Bertz CT molecular complexity index is 289. The second-order valence-electron chi connectivity index (χ2n) is 7.38. The summed E-state index contributed by atoms with van der Waals surface area (Å²) in [6, 6.07) is 4.13. The molecule has 120 valence electrons. The van der Waals surface area contributed by atoms with Gasteiger partial charge in [0.1, 0.15) is 16.5 Å². The summed E-state index contributed by atoms with van der Waals surface area (Å²) in [4.78, 5) is 0. The molecule has 0 spiro atoms. The molecular formula is C14H35NO2Si3. The summed E-state index contributed by atoms with van der Waals surface area (Å²) in [5.74, 6) is 0. The smallest absolute Gasteiger partial charge is 0.334 e. The van der Waals surface area contributed by atoms with Crippen molar-refractivity contribution in [2.24, 2.45) is 0 Å². The lowest BCUT2D eigenvalue weighted by molar-refractivity contribution is 0.188. The Labute approximate surface area is 129 Å². The Morgan fingerprint density at radius 2 is 1.40 bits per heavy atom. The molecule has 0 amide bonds. The lowest BCUT2D eigenvalue weighted by Crippen LogP contribution is -2.55. The molecule has 0 aliphatic carbocycles. The predicted octanol–water partition coefficient (Wildman–Crippen LogP) is 4.25. The molecule has 0 N–H and O–H groups in total. The number of rotatable bonds is 8. The lowest BCUT2D eigenvalue weighted by Gasteiger charge is -2.39. The molecular weight excluding hydrogens is 298 g/mol. The van der Waals surface area contributed by atoms with Crippen LogP contribution in [0.5, 0.6) is 0 Å². The van der Waals surface area contributed by atoms with E-state index in [-0.39, 0.29) is 0 Å². The third-order valence-electron chi connectivity index (χ3n) is 4.72. The highest BCUT2D eigenvalue weighted by Crippen LogP contribution is 2.37. The summed E-state index contributed by atoms with van der Waals surface area (Å²) in [6.45, 7) is 19.4. The van der Waals surface area contributed by atoms with E-state index >= 15 is 0 Å². The molecule has 1 fully saturated rings. The third kappa shape index (κ3) is 4.78. The van der Waals surface area contributed by atoms with Crippen LogP contribution in [0.1, 0.15) is 20.3 Å². The first kappa shape index (κ1) is 18.6. The van der Waals surface area contributed by atoms with Gasteiger partial charge in [-0.05, 0) is 51.5 Å². The van der Waals surface area contributed by atoms with Gasteiger partial charge < -0.3 is 13.1 Å². The molecule has 0 aromatic rings. The fourth-order valence-electron chi connectivity index (χ4n) is 3.66. The van der Waals surface area contributed by atoms with Crippen molar-refractivity contribution >= 4 is 25.0 Å². The molecule has 1 heterocycles. The second-order valence-corrected chi connectivity index (χ2v) is 20.5. The summed E-state index contributed by atoms with van der Waals surface area (Å²) in [6.07, 6.45) is 1.25. The van der Waals surface area contributed by atoms with Crippen LogP contribution in [0, 0.1) is 0 Å². The van der Waals surface area contributed by atoms with E-state index in [0.29, 0.717) is 0 Å². The van der Waals surface area contributed by atoms with Crippen molar-refractivity contribution in [2.75, 3.05) is 19.8 Å². The second kappa shape index (κ2) is 7.19. The van der Waals surface area contributed by atoms with Crippen LogP contribution in [-0.4, -0.2) is 49.0 Å². The highest BCUT2D eigenvalue weighted by Gasteiger charge is 2.46. The largest absolute Gasteiger partial charge is 0.395 e. The Kier molecular flexibility index (Phi) is 6.68. The molecule has 1 aliphatic heterocycles. The lowest BCUT2D eigenvalue weighted by atomic mass is 10.5. The SMILES string of the molecule is CCO[Si](C)(CCCN1[Si](C)(C)CC[Si]1(C)C)OCC. The summed E-state index contributed by atoms with van der Waals surface area (Å²) in [5.41, 5.74) is 0. The first-order valence-electron chi connectivity index (χ1n) is 8.22. The minimum Gasteiger partial charge on any atom is -0.395 e. The molecule has 3 nitrogen and oxygen atoms in total. The molecule has 0 unspecified atom stereocenters. The molecule has 0 bridgehead atoms. The van der Waals surface area contributed by atoms with Crippen LogP contribution < -0.4 is 0 Å². The van der Waals surface area contributed by atoms with Crippen molar-refractivity contribution in [1.82, 2.24) is 4.23 Å². The Hall–Kier alpha value is 0.531. The van der Waals surface area contributed by atoms with E-state index in [9.17, 15) is 0 Å². The molecule has 0 radical (unpaired) electrons. The van der Waals surface area contributed by atoms with E-state index in [4.69, 9.17) is 8.85 Å². The zero-order valence-corrected chi connectivity index (χ0v) is 17.7. The zero-order chi connectivity index (χ0) is 15.4. The number of nitrogens with zero attached hydrogens (tertiary/aromatic N) is 1. The Morgan fingerprint density at radius 1 is 0.950 bits per heavy atom. The van der Waals surface area contributed by atoms with Crippen molar-refractivity contribution in [1.29, 1.82) is 0 Å². The topological polar surface area (TPSA) is 21.7 Å². The molecule has 20 heavy (non-hydrogen) atoms. The fraction of sp³-hybridized carbons (Fsp3) is 1.00. The summed E-state index contributed by atoms with van der Waals surface area (Å²) in [7, 11) is -4.13. The van der Waals surface area contributed by atoms with Crippen LogP contribution >= 0.6 is 0 Å². The summed E-state index contributed by atoms with van der Waals surface area (Å²) in [5, 5.41) is 0. The first-order chi connectivity index (χ1) is 9.17. The zero-order valence-electron chi connectivity index (χ0n) is 14.7. The van der Waals surface area contributed by atoms with Crippen molar-refractivity contribution in [3.05, 3.63) is 0 Å². The molecule has 1 saturated heterocycles. The van der Waals surface area contributed by atoms with E-state index in [1.165, 1.54) is 25.1 Å². The average molecular weight is 334 g/mol. The first-order valence-corrected chi connectivity index (χ1v) is 17.1. The van der Waals surface area contributed by atoms with Gasteiger partial charge in [-0.1, -0.05) is 26.2 Å². The maximum Gasteiger partial charge on any atom is 0.334 e. The van der Waals surface area contributed by atoms with Gasteiger partial charge in [-0.2, -0.15) is 0 Å². The van der Waals surface area contributed by atoms with Crippen molar-refractivity contribution < 1.29 is 8.85 Å². The average Bonchev–Trinajstić information content (AvgIpc) is 2.52. The quantitative estimate of drug-likeness (QED) is 0.620. The van der Waals surface area contributed by atoms with Crippen LogP contribution in [0.4, 0.5) is 0 Å². The van der Waals surface area contributed by atoms with Crippen LogP contribution in [-0.2, 0) is 8.85 Å². The summed E-state index contributed by atoms with van der Waals surface area (Å²) >= 11 is 0. The van der Waals surface area contributed by atoms with Crippen molar-refractivity contribution in [2.45, 2.75) is 71.1 Å². The number of hydrogen-bond donors (Lipinski definition) is 0. The van der Waals surface area contributed by atoms with Gasteiger partial charge in [-0.15, -0.1) is 0 Å². The van der Waals surface area contributed by atoms with Gasteiger partial charge in [-0.3, -0.25) is 0 Å². The molecule has 0 aromatic carbocycles. The van der Waals surface area contributed by atoms with E-state index < -0.39 is 25.0 Å². The molecule has 1 aliphatic rings. The van der Waals surface area contributed by atoms with Crippen molar-refractivity contribution in [3.63, 3.8) is 0 Å². The van der Waals surface area contributed by atoms with Gasteiger partial charge in [0.15, 0.2) is 0 Å². The van der Waals surface area contributed by atoms with E-state index in [0.717, 1.165) is 19.3 Å². The van der Waals surface area contributed by atoms with Crippen LogP contribution in [0.15, 0.2) is 0 Å².